The van der Waals surface area contributed by atoms with Crippen molar-refractivity contribution in [2.45, 2.75) is 30.1 Å². The summed E-state index contributed by atoms with van der Waals surface area (Å²) in [4.78, 5) is 28.0. The van der Waals surface area contributed by atoms with Crippen LogP contribution in [0.1, 0.15) is 12.8 Å². The van der Waals surface area contributed by atoms with Crippen molar-refractivity contribution in [3.8, 4) is 0 Å². The van der Waals surface area contributed by atoms with Crippen molar-refractivity contribution in [2.24, 2.45) is 0 Å². The third-order valence-electron chi connectivity index (χ3n) is 4.74. The largest absolute Gasteiger partial charge is 0.352 e. The summed E-state index contributed by atoms with van der Waals surface area (Å²) in [5.41, 5.74) is 0.189. The quantitative estimate of drug-likeness (QED) is 0.359. The third-order valence-corrected chi connectivity index (χ3v) is 5.55. The van der Waals surface area contributed by atoms with Gasteiger partial charge >= 0.3 is 0 Å². The molecule has 2 aliphatic rings. The molecule has 2 aromatic heterocycles. The first kappa shape index (κ1) is 15.8. The van der Waals surface area contributed by atoms with E-state index in [0.29, 0.717) is 29.5 Å². The van der Waals surface area contributed by atoms with Crippen LogP contribution >= 0.6 is 23.4 Å². The van der Waals surface area contributed by atoms with E-state index in [-0.39, 0.29) is 22.8 Å². The van der Waals surface area contributed by atoms with Crippen molar-refractivity contribution in [1.82, 2.24) is 19.9 Å². The molecular formula is C15H15ClFN5OS. The van der Waals surface area contributed by atoms with Gasteiger partial charge in [-0.2, -0.15) is 0 Å². The summed E-state index contributed by atoms with van der Waals surface area (Å²) < 4.78 is 14.4. The molecule has 1 amide bonds. The molecule has 0 aliphatic carbocycles. The number of carbonyl (C=O) groups excluding carboxylic acids is 1. The first-order valence-electron chi connectivity index (χ1n) is 7.65. The molecule has 126 valence electrons. The second-order valence-corrected chi connectivity index (χ2v) is 7.13. The van der Waals surface area contributed by atoms with Gasteiger partial charge in [0, 0.05) is 31.4 Å². The number of pyridine rings is 1. The van der Waals surface area contributed by atoms with E-state index in [9.17, 15) is 9.18 Å². The van der Waals surface area contributed by atoms with Gasteiger partial charge in [0.25, 0.3) is 0 Å². The maximum atomic E-state index is 14.4. The molecule has 2 aromatic rings. The fraction of sp³-hybridized carbons (Fsp3) is 0.467. The average Bonchev–Trinajstić information content (AvgIpc) is 2.85. The van der Waals surface area contributed by atoms with Gasteiger partial charge in [0.1, 0.15) is 11.3 Å². The Balaban J connectivity index is 1.82. The number of hydrogen-bond donors (Lipinski definition) is 0. The Labute approximate surface area is 147 Å². The maximum absolute atomic E-state index is 14.4. The number of amides is 1. The highest BCUT2D eigenvalue weighted by Crippen LogP contribution is 2.35. The van der Waals surface area contributed by atoms with E-state index in [1.54, 1.807) is 0 Å². The van der Waals surface area contributed by atoms with Crippen LogP contribution in [0.2, 0.25) is 5.15 Å². The zero-order chi connectivity index (χ0) is 16.8. The van der Waals surface area contributed by atoms with Crippen LogP contribution in [0.4, 0.5) is 10.2 Å². The molecule has 0 spiro atoms. The van der Waals surface area contributed by atoms with Gasteiger partial charge in [-0.1, -0.05) is 23.4 Å². The van der Waals surface area contributed by atoms with Crippen LogP contribution in [0.15, 0.2) is 11.4 Å². The SMILES string of the molecule is CSc1nc(N2CC3CCC(C2)N3C=O)c2cnc(Cl)c(F)c2n1. The maximum Gasteiger partial charge on any atom is 0.210 e. The van der Waals surface area contributed by atoms with Crippen molar-refractivity contribution in [2.75, 3.05) is 24.2 Å². The summed E-state index contributed by atoms with van der Waals surface area (Å²) >= 11 is 7.16. The number of carbonyl (C=O) groups is 1. The zero-order valence-electron chi connectivity index (χ0n) is 12.9. The predicted molar refractivity (Wildman–Crippen MR) is 91.0 cm³/mol. The van der Waals surface area contributed by atoms with Crippen LogP contribution in [0, 0.1) is 5.82 Å². The fourth-order valence-electron chi connectivity index (χ4n) is 3.61. The topological polar surface area (TPSA) is 62.2 Å². The lowest BCUT2D eigenvalue weighted by Gasteiger charge is -2.39. The van der Waals surface area contributed by atoms with Crippen molar-refractivity contribution >= 4 is 46.5 Å². The molecule has 9 heteroatoms. The van der Waals surface area contributed by atoms with Crippen LogP contribution in [0.25, 0.3) is 10.9 Å². The summed E-state index contributed by atoms with van der Waals surface area (Å²) in [7, 11) is 0. The van der Waals surface area contributed by atoms with Gasteiger partial charge in [0.2, 0.25) is 6.41 Å². The van der Waals surface area contributed by atoms with Gasteiger partial charge in [-0.3, -0.25) is 4.79 Å². The average molecular weight is 368 g/mol. The number of rotatable bonds is 3. The predicted octanol–water partition coefficient (Wildman–Crippen LogP) is 2.35. The summed E-state index contributed by atoms with van der Waals surface area (Å²) in [6.07, 6.45) is 6.27. The number of halogens is 2. The molecule has 0 N–H and O–H groups in total. The van der Waals surface area contributed by atoms with Crippen molar-refractivity contribution in [1.29, 1.82) is 0 Å². The van der Waals surface area contributed by atoms with Crippen molar-refractivity contribution < 1.29 is 9.18 Å². The molecule has 2 aliphatic heterocycles. The van der Waals surface area contributed by atoms with Crippen molar-refractivity contribution in [3.05, 3.63) is 17.2 Å². The van der Waals surface area contributed by atoms with Crippen LogP contribution < -0.4 is 4.90 Å². The molecule has 4 heterocycles. The number of piperazine rings is 1. The molecule has 2 bridgehead atoms. The van der Waals surface area contributed by atoms with E-state index in [2.05, 4.69) is 19.9 Å². The summed E-state index contributed by atoms with van der Waals surface area (Å²) in [6.45, 7) is 1.36. The van der Waals surface area contributed by atoms with E-state index in [1.807, 2.05) is 11.2 Å². The normalized spacial score (nSPS) is 23.1. The highest BCUT2D eigenvalue weighted by atomic mass is 35.5. The van der Waals surface area contributed by atoms with Gasteiger partial charge in [-0.05, 0) is 19.1 Å². The lowest BCUT2D eigenvalue weighted by atomic mass is 10.2. The van der Waals surface area contributed by atoms with Crippen LogP contribution in [-0.2, 0) is 4.79 Å². The molecule has 6 nitrogen and oxygen atoms in total. The second-order valence-electron chi connectivity index (χ2n) is 6.00. The summed E-state index contributed by atoms with van der Waals surface area (Å²) in [6, 6.07) is 0.350. The number of hydrogen-bond acceptors (Lipinski definition) is 6. The van der Waals surface area contributed by atoms with E-state index in [0.717, 1.165) is 19.3 Å². The van der Waals surface area contributed by atoms with Crippen LogP contribution in [-0.4, -0.2) is 57.7 Å². The lowest BCUT2D eigenvalue weighted by Crippen LogP contribution is -2.53. The third kappa shape index (κ3) is 2.39. The number of anilines is 1. The number of nitrogens with zero attached hydrogens (tertiary/aromatic N) is 5. The minimum atomic E-state index is -0.623. The Morgan fingerprint density at radius 3 is 2.67 bits per heavy atom. The fourth-order valence-corrected chi connectivity index (χ4v) is 4.11. The number of fused-ring (bicyclic) bond motifs is 3. The molecule has 2 saturated heterocycles. The summed E-state index contributed by atoms with van der Waals surface area (Å²) in [5.74, 6) is 0.0393. The standard InChI is InChI=1S/C15H15ClFN5OS/c1-24-15-19-12-10(4-18-13(16)11(12)17)14(20-15)21-5-8-2-3-9(6-21)22(8)7-23/h4,7-9H,2-3,5-6H2,1H3. The van der Waals surface area contributed by atoms with Gasteiger partial charge in [0.15, 0.2) is 16.1 Å². The Hall–Kier alpha value is -1.67. The van der Waals surface area contributed by atoms with E-state index in [4.69, 9.17) is 11.6 Å². The molecule has 24 heavy (non-hydrogen) atoms. The van der Waals surface area contributed by atoms with E-state index in [1.165, 1.54) is 18.0 Å². The zero-order valence-corrected chi connectivity index (χ0v) is 14.5. The number of aromatic nitrogens is 3. The second kappa shape index (κ2) is 6.00. The minimum absolute atomic E-state index is 0.175. The van der Waals surface area contributed by atoms with Gasteiger partial charge in [0.05, 0.1) is 5.39 Å². The smallest absolute Gasteiger partial charge is 0.210 e. The molecule has 2 unspecified atom stereocenters. The Morgan fingerprint density at radius 1 is 1.33 bits per heavy atom. The Bertz CT molecular complexity index is 808. The van der Waals surface area contributed by atoms with E-state index >= 15 is 0 Å². The monoisotopic (exact) mass is 367 g/mol. The van der Waals surface area contributed by atoms with Gasteiger partial charge < -0.3 is 9.80 Å². The molecule has 2 atom stereocenters. The van der Waals surface area contributed by atoms with Gasteiger partial charge in [-0.25, -0.2) is 19.3 Å². The molecule has 4 rings (SSSR count). The van der Waals surface area contributed by atoms with Crippen LogP contribution in [0.5, 0.6) is 0 Å². The highest BCUT2D eigenvalue weighted by molar-refractivity contribution is 7.98. The van der Waals surface area contributed by atoms with E-state index < -0.39 is 5.82 Å². The molecule has 0 radical (unpaired) electrons. The molecule has 2 fully saturated rings. The minimum Gasteiger partial charge on any atom is -0.352 e. The molecular weight excluding hydrogens is 353 g/mol. The molecule has 0 saturated carbocycles. The first-order valence-corrected chi connectivity index (χ1v) is 9.26. The Kier molecular flexibility index (Phi) is 3.96. The van der Waals surface area contributed by atoms with Crippen molar-refractivity contribution in [3.63, 3.8) is 0 Å². The Morgan fingerprint density at radius 2 is 2.04 bits per heavy atom. The highest BCUT2D eigenvalue weighted by Gasteiger charge is 2.40. The summed E-state index contributed by atoms with van der Waals surface area (Å²) in [5, 5.41) is 0.850. The number of thioether (sulfide) groups is 1. The molecule has 0 aromatic carbocycles. The first-order chi connectivity index (χ1) is 11.6. The lowest BCUT2D eigenvalue weighted by molar-refractivity contribution is -0.121. The van der Waals surface area contributed by atoms with Crippen LogP contribution in [0.3, 0.4) is 0 Å². The van der Waals surface area contributed by atoms with Gasteiger partial charge in [-0.15, -0.1) is 0 Å².